The zero-order chi connectivity index (χ0) is 67.2. The van der Waals surface area contributed by atoms with Gasteiger partial charge in [0, 0.05) is 25.7 Å². The van der Waals surface area contributed by atoms with E-state index in [4.69, 9.17) is 37.0 Å². The predicted octanol–water partition coefficient (Wildman–Crippen LogP) is 20.8. The number of rotatable bonds is 71. The highest BCUT2D eigenvalue weighted by atomic mass is 31.2. The molecule has 0 radical (unpaired) electrons. The number of aliphatic hydroxyl groups is 1. The molecule has 91 heavy (non-hydrogen) atoms. The van der Waals surface area contributed by atoms with E-state index in [9.17, 15) is 43.2 Å². The van der Waals surface area contributed by atoms with E-state index >= 15 is 0 Å². The lowest BCUT2D eigenvalue weighted by molar-refractivity contribution is -0.161. The minimum absolute atomic E-state index is 0.103. The lowest BCUT2D eigenvalue weighted by Gasteiger charge is -2.21. The van der Waals surface area contributed by atoms with Crippen LogP contribution in [0, 0.1) is 11.8 Å². The summed E-state index contributed by atoms with van der Waals surface area (Å²) in [6.45, 7) is 9.48. The number of ether oxygens (including phenoxy) is 4. The van der Waals surface area contributed by atoms with Gasteiger partial charge in [-0.2, -0.15) is 0 Å². The van der Waals surface area contributed by atoms with Gasteiger partial charge >= 0.3 is 39.5 Å². The van der Waals surface area contributed by atoms with Gasteiger partial charge < -0.3 is 33.8 Å². The Hall–Kier alpha value is -1.94. The second kappa shape index (κ2) is 64.1. The molecule has 0 rings (SSSR count). The van der Waals surface area contributed by atoms with Gasteiger partial charge in [-0.15, -0.1) is 0 Å². The van der Waals surface area contributed by atoms with Gasteiger partial charge in [-0.25, -0.2) is 9.13 Å². The van der Waals surface area contributed by atoms with E-state index in [0.29, 0.717) is 25.7 Å². The summed E-state index contributed by atoms with van der Waals surface area (Å²) in [7, 11) is -9.90. The molecule has 19 heteroatoms. The zero-order valence-electron chi connectivity index (χ0n) is 59.1. The zero-order valence-corrected chi connectivity index (χ0v) is 60.9. The van der Waals surface area contributed by atoms with Crippen molar-refractivity contribution in [1.82, 2.24) is 0 Å². The first kappa shape index (κ1) is 89.1. The van der Waals surface area contributed by atoms with E-state index in [1.807, 2.05) is 0 Å². The molecule has 0 saturated heterocycles. The predicted molar refractivity (Wildman–Crippen MR) is 368 cm³/mol. The summed E-state index contributed by atoms with van der Waals surface area (Å²) in [6, 6.07) is 0. The maximum atomic E-state index is 13.0. The van der Waals surface area contributed by atoms with Crippen LogP contribution < -0.4 is 0 Å². The summed E-state index contributed by atoms with van der Waals surface area (Å²) in [6.07, 6.45) is 50.2. The van der Waals surface area contributed by atoms with Gasteiger partial charge in [-0.05, 0) is 37.5 Å². The molecule has 0 saturated carbocycles. The van der Waals surface area contributed by atoms with Gasteiger partial charge in [0.05, 0.1) is 26.4 Å². The highest BCUT2D eigenvalue weighted by Crippen LogP contribution is 2.45. The van der Waals surface area contributed by atoms with Gasteiger partial charge in [0.2, 0.25) is 0 Å². The van der Waals surface area contributed by atoms with E-state index in [0.717, 1.165) is 108 Å². The maximum Gasteiger partial charge on any atom is 0.472 e. The van der Waals surface area contributed by atoms with Crippen LogP contribution in [0.3, 0.4) is 0 Å². The fourth-order valence-corrected chi connectivity index (χ4v) is 12.5. The van der Waals surface area contributed by atoms with Crippen LogP contribution in [0.2, 0.25) is 0 Å². The Kier molecular flexibility index (Phi) is 62.7. The largest absolute Gasteiger partial charge is 0.472 e. The first-order valence-electron chi connectivity index (χ1n) is 37.6. The Morgan fingerprint density at radius 1 is 0.308 bits per heavy atom. The molecule has 0 aromatic carbocycles. The van der Waals surface area contributed by atoms with E-state index < -0.39 is 97.5 Å². The molecule has 0 bridgehead atoms. The van der Waals surface area contributed by atoms with Crippen molar-refractivity contribution in [3.05, 3.63) is 0 Å². The van der Waals surface area contributed by atoms with Crippen LogP contribution in [0.4, 0.5) is 0 Å². The molecule has 0 fully saturated rings. The number of hydrogen-bond acceptors (Lipinski definition) is 15. The lowest BCUT2D eigenvalue weighted by atomic mass is 9.99. The molecule has 0 aliphatic rings. The van der Waals surface area contributed by atoms with Gasteiger partial charge in [0.15, 0.2) is 12.2 Å². The Morgan fingerprint density at radius 2 is 0.527 bits per heavy atom. The van der Waals surface area contributed by atoms with Crippen molar-refractivity contribution in [3.63, 3.8) is 0 Å². The Morgan fingerprint density at radius 3 is 0.780 bits per heavy atom. The second-order valence-electron chi connectivity index (χ2n) is 26.5. The number of phosphoric acid groups is 2. The summed E-state index contributed by atoms with van der Waals surface area (Å²) in [5.41, 5.74) is 0. The summed E-state index contributed by atoms with van der Waals surface area (Å²) >= 11 is 0. The third-order valence-electron chi connectivity index (χ3n) is 17.4. The molecule has 3 N–H and O–H groups in total. The lowest BCUT2D eigenvalue weighted by Crippen LogP contribution is -2.30. The van der Waals surface area contributed by atoms with E-state index in [-0.39, 0.29) is 25.7 Å². The molecule has 0 aromatic rings. The molecule has 0 spiro atoms. The molecule has 4 unspecified atom stereocenters. The van der Waals surface area contributed by atoms with Gasteiger partial charge in [-0.1, -0.05) is 318 Å². The first-order valence-corrected chi connectivity index (χ1v) is 40.6. The molecule has 0 heterocycles. The third kappa shape index (κ3) is 63.9. The van der Waals surface area contributed by atoms with Crippen molar-refractivity contribution < 1.29 is 80.2 Å². The highest BCUT2D eigenvalue weighted by molar-refractivity contribution is 7.47. The van der Waals surface area contributed by atoms with Crippen LogP contribution in [0.1, 0.15) is 369 Å². The number of phosphoric ester groups is 2. The fourth-order valence-electron chi connectivity index (χ4n) is 10.9. The van der Waals surface area contributed by atoms with E-state index in [1.54, 1.807) is 0 Å². The third-order valence-corrected chi connectivity index (χ3v) is 19.3. The number of carbonyl (C=O) groups is 4. The number of carbonyl (C=O) groups excluding carboxylic acids is 4. The Bertz CT molecular complexity index is 1770. The highest BCUT2D eigenvalue weighted by Gasteiger charge is 2.30. The van der Waals surface area contributed by atoms with E-state index in [1.165, 1.54) is 180 Å². The van der Waals surface area contributed by atoms with Crippen molar-refractivity contribution in [2.24, 2.45) is 11.8 Å². The number of hydrogen-bond donors (Lipinski definition) is 3. The summed E-state index contributed by atoms with van der Waals surface area (Å²) < 4.78 is 68.2. The summed E-state index contributed by atoms with van der Waals surface area (Å²) in [5.74, 6) is -0.631. The van der Waals surface area contributed by atoms with E-state index in [2.05, 4.69) is 41.5 Å². The Balaban J connectivity index is 5.16. The van der Waals surface area contributed by atoms with Crippen molar-refractivity contribution in [2.45, 2.75) is 387 Å². The molecule has 0 amide bonds. The standard InChI is InChI=1S/C72H140O17P2/c1-7-11-13-15-17-19-20-21-22-23-24-25-26-27-28-29-30-31-37-44-50-56-71(76)88-67(60-83-70(75)55-49-43-36-33-32-34-40-46-52-64(5)9-3)62-86-90(78,79)84-58-66(73)59-85-91(80,81)87-63-68(61-82-69(74)54-48-42-35-18-16-14-12-8-2)89-72(77)57-51-45-39-38-41-47-53-65(6)10-4/h64-68,73H,7-63H2,1-6H3,(H,78,79)(H,80,81)/t64?,65?,66-,67-,68-/m1/s1. The number of unbranched alkanes of at least 4 members (excludes halogenated alkanes) is 39. The average Bonchev–Trinajstić information content (AvgIpc) is 3.71. The quantitative estimate of drug-likeness (QED) is 0.0222. The molecule has 0 aromatic heterocycles. The van der Waals surface area contributed by atoms with Gasteiger partial charge in [-0.3, -0.25) is 37.3 Å². The summed E-state index contributed by atoms with van der Waals surface area (Å²) in [4.78, 5) is 72.5. The fraction of sp³-hybridized carbons (Fsp3) is 0.944. The maximum absolute atomic E-state index is 13.0. The van der Waals surface area contributed by atoms with Crippen LogP contribution in [0.15, 0.2) is 0 Å². The van der Waals surface area contributed by atoms with Crippen LogP contribution in [-0.4, -0.2) is 96.7 Å². The SMILES string of the molecule is CCCCCCCCCCCCCCCCCCCCCCCC(=O)O[C@H](COC(=O)CCCCCCCCCCC(C)CC)COP(=O)(O)OC[C@@H](O)COP(=O)(O)OC[C@@H](COC(=O)CCCCCCCCCC)OC(=O)CCCCCCCCC(C)CC. The molecule has 0 aliphatic carbocycles. The van der Waals surface area contributed by atoms with Crippen LogP contribution >= 0.6 is 15.6 Å². The van der Waals surface area contributed by atoms with Crippen molar-refractivity contribution >= 4 is 39.5 Å². The molecule has 7 atom stereocenters. The summed E-state index contributed by atoms with van der Waals surface area (Å²) in [5, 5.41) is 10.6. The van der Waals surface area contributed by atoms with Crippen LogP contribution in [0.25, 0.3) is 0 Å². The molecule has 17 nitrogen and oxygen atoms in total. The topological polar surface area (TPSA) is 237 Å². The number of esters is 4. The number of aliphatic hydroxyl groups excluding tert-OH is 1. The average molecular weight is 1340 g/mol. The first-order chi connectivity index (χ1) is 43.9. The van der Waals surface area contributed by atoms with Crippen molar-refractivity contribution in [2.75, 3.05) is 39.6 Å². The minimum Gasteiger partial charge on any atom is -0.462 e. The molecular formula is C72H140O17P2. The van der Waals surface area contributed by atoms with Gasteiger partial charge in [0.25, 0.3) is 0 Å². The van der Waals surface area contributed by atoms with Crippen LogP contribution in [-0.2, 0) is 65.4 Å². The monoisotopic (exact) mass is 1340 g/mol. The van der Waals surface area contributed by atoms with Gasteiger partial charge in [0.1, 0.15) is 19.3 Å². The van der Waals surface area contributed by atoms with Crippen molar-refractivity contribution in [1.29, 1.82) is 0 Å². The smallest absolute Gasteiger partial charge is 0.462 e. The minimum atomic E-state index is -4.95. The molecular weight excluding hydrogens is 1200 g/mol. The molecule has 540 valence electrons. The van der Waals surface area contributed by atoms with Crippen molar-refractivity contribution in [3.8, 4) is 0 Å². The molecule has 0 aliphatic heterocycles. The normalized spacial score (nSPS) is 14.7. The van der Waals surface area contributed by atoms with Crippen LogP contribution in [0.5, 0.6) is 0 Å². The second-order valence-corrected chi connectivity index (χ2v) is 29.4. The Labute approximate surface area is 556 Å².